The molecule has 19 heavy (non-hydrogen) atoms. The van der Waals surface area contributed by atoms with Gasteiger partial charge in [0.25, 0.3) is 5.91 Å². The lowest BCUT2D eigenvalue weighted by molar-refractivity contribution is 0.0935. The third-order valence-corrected chi connectivity index (χ3v) is 3.26. The van der Waals surface area contributed by atoms with E-state index in [1.165, 1.54) is 0 Å². The second-order valence-electron chi connectivity index (χ2n) is 5.12. The van der Waals surface area contributed by atoms with Crippen LogP contribution < -0.4 is 15.8 Å². The van der Waals surface area contributed by atoms with Gasteiger partial charge in [0.15, 0.2) is 0 Å². The van der Waals surface area contributed by atoms with E-state index < -0.39 is 0 Å². The van der Waals surface area contributed by atoms with Crippen molar-refractivity contribution in [2.75, 3.05) is 12.8 Å². The average molecular weight is 264 g/mol. The van der Waals surface area contributed by atoms with E-state index in [2.05, 4.69) is 19.2 Å². The number of methoxy groups -OCH3 is 1. The topological polar surface area (TPSA) is 64.4 Å². The maximum absolute atomic E-state index is 12.1. The number of anilines is 1. The monoisotopic (exact) mass is 264 g/mol. The van der Waals surface area contributed by atoms with Gasteiger partial charge in [-0.2, -0.15) is 0 Å². The molecule has 0 bridgehead atoms. The summed E-state index contributed by atoms with van der Waals surface area (Å²) < 4.78 is 5.11. The lowest BCUT2D eigenvalue weighted by Crippen LogP contribution is -2.33. The predicted octanol–water partition coefficient (Wildman–Crippen LogP) is 2.83. The number of rotatable bonds is 6. The Morgan fingerprint density at radius 1 is 1.37 bits per heavy atom. The van der Waals surface area contributed by atoms with Gasteiger partial charge in [-0.15, -0.1) is 0 Å². The van der Waals surface area contributed by atoms with E-state index in [4.69, 9.17) is 10.5 Å². The minimum atomic E-state index is -0.110. The summed E-state index contributed by atoms with van der Waals surface area (Å²) >= 11 is 0. The van der Waals surface area contributed by atoms with Crippen LogP contribution in [0.5, 0.6) is 5.75 Å². The van der Waals surface area contributed by atoms with E-state index in [-0.39, 0.29) is 11.9 Å². The molecule has 0 aliphatic rings. The highest BCUT2D eigenvalue weighted by Gasteiger charge is 2.13. The Morgan fingerprint density at radius 3 is 2.63 bits per heavy atom. The molecule has 2 atom stereocenters. The molecule has 2 unspecified atom stereocenters. The lowest BCUT2D eigenvalue weighted by atomic mass is 10.00. The van der Waals surface area contributed by atoms with E-state index >= 15 is 0 Å². The number of carbonyl (C=O) groups is 1. The highest BCUT2D eigenvalue weighted by Crippen LogP contribution is 2.19. The van der Waals surface area contributed by atoms with Gasteiger partial charge in [0.2, 0.25) is 0 Å². The van der Waals surface area contributed by atoms with Gasteiger partial charge in [0.05, 0.1) is 7.11 Å². The fourth-order valence-corrected chi connectivity index (χ4v) is 2.01. The number of amides is 1. The molecule has 1 amide bonds. The Bertz CT molecular complexity index is 432. The number of carbonyl (C=O) groups excluding carboxylic acids is 1. The lowest BCUT2D eigenvalue weighted by Gasteiger charge is -2.18. The Hall–Kier alpha value is -1.71. The molecule has 106 valence electrons. The minimum Gasteiger partial charge on any atom is -0.497 e. The van der Waals surface area contributed by atoms with Crippen molar-refractivity contribution in [2.45, 2.75) is 39.7 Å². The molecule has 0 heterocycles. The Labute approximate surface area is 115 Å². The molecule has 0 aromatic heterocycles. The van der Waals surface area contributed by atoms with Crippen molar-refractivity contribution < 1.29 is 9.53 Å². The van der Waals surface area contributed by atoms with Gasteiger partial charge in [-0.25, -0.2) is 0 Å². The summed E-state index contributed by atoms with van der Waals surface area (Å²) in [5, 5.41) is 2.99. The van der Waals surface area contributed by atoms with Crippen molar-refractivity contribution in [1.29, 1.82) is 0 Å². The van der Waals surface area contributed by atoms with Gasteiger partial charge in [-0.1, -0.05) is 20.3 Å². The van der Waals surface area contributed by atoms with E-state index in [1.807, 2.05) is 6.92 Å². The summed E-state index contributed by atoms with van der Waals surface area (Å²) in [6.07, 6.45) is 2.09. The molecular weight excluding hydrogens is 240 g/mol. The summed E-state index contributed by atoms with van der Waals surface area (Å²) in [6, 6.07) is 5.20. The second kappa shape index (κ2) is 7.02. The molecule has 0 fully saturated rings. The molecular formula is C15H24N2O2. The largest absolute Gasteiger partial charge is 0.497 e. The molecule has 0 aliphatic carbocycles. The summed E-state index contributed by atoms with van der Waals surface area (Å²) in [4.78, 5) is 12.1. The normalized spacial score (nSPS) is 13.7. The molecule has 0 spiro atoms. The van der Waals surface area contributed by atoms with Crippen LogP contribution in [0.2, 0.25) is 0 Å². The molecule has 0 radical (unpaired) electrons. The number of benzene rings is 1. The van der Waals surface area contributed by atoms with Crippen LogP contribution in [-0.4, -0.2) is 19.1 Å². The van der Waals surface area contributed by atoms with Gasteiger partial charge in [0, 0.05) is 23.4 Å². The van der Waals surface area contributed by atoms with Gasteiger partial charge < -0.3 is 15.8 Å². The van der Waals surface area contributed by atoms with Gasteiger partial charge >= 0.3 is 0 Å². The van der Waals surface area contributed by atoms with E-state index in [0.717, 1.165) is 12.8 Å². The summed E-state index contributed by atoms with van der Waals surface area (Å²) in [5.41, 5.74) is 6.81. The Balaban J connectivity index is 2.70. The van der Waals surface area contributed by atoms with Crippen LogP contribution in [-0.2, 0) is 0 Å². The van der Waals surface area contributed by atoms with Gasteiger partial charge in [-0.3, -0.25) is 4.79 Å². The molecule has 3 N–H and O–H groups in total. The SMILES string of the molecule is CCC(C)CC(C)NC(=O)c1cc(N)cc(OC)c1. The van der Waals surface area contributed by atoms with Crippen LogP contribution in [0.4, 0.5) is 5.69 Å². The third kappa shape index (κ3) is 4.81. The van der Waals surface area contributed by atoms with Crippen LogP contribution in [0.3, 0.4) is 0 Å². The molecule has 0 aliphatic heterocycles. The van der Waals surface area contributed by atoms with E-state index in [0.29, 0.717) is 22.9 Å². The third-order valence-electron chi connectivity index (χ3n) is 3.26. The number of nitrogens with one attached hydrogen (secondary N) is 1. The quantitative estimate of drug-likeness (QED) is 0.776. The number of hydrogen-bond acceptors (Lipinski definition) is 3. The van der Waals surface area contributed by atoms with Crippen molar-refractivity contribution >= 4 is 11.6 Å². The van der Waals surface area contributed by atoms with Crippen molar-refractivity contribution in [1.82, 2.24) is 5.32 Å². The zero-order valence-electron chi connectivity index (χ0n) is 12.2. The number of hydrogen-bond donors (Lipinski definition) is 2. The standard InChI is InChI=1S/C15H24N2O2/c1-5-10(2)6-11(3)17-15(18)12-7-13(16)9-14(8-12)19-4/h7-11H,5-6,16H2,1-4H3,(H,17,18). The Kier molecular flexibility index (Phi) is 5.67. The molecule has 4 nitrogen and oxygen atoms in total. The van der Waals surface area contributed by atoms with Crippen molar-refractivity contribution in [3.63, 3.8) is 0 Å². The van der Waals surface area contributed by atoms with Crippen LogP contribution in [0.1, 0.15) is 44.0 Å². The van der Waals surface area contributed by atoms with Gasteiger partial charge in [0.1, 0.15) is 5.75 Å². The fourth-order valence-electron chi connectivity index (χ4n) is 2.01. The van der Waals surface area contributed by atoms with E-state index in [9.17, 15) is 4.79 Å². The first kappa shape index (κ1) is 15.3. The van der Waals surface area contributed by atoms with Crippen LogP contribution >= 0.6 is 0 Å². The number of nitrogens with two attached hydrogens (primary N) is 1. The first-order valence-electron chi connectivity index (χ1n) is 6.71. The number of ether oxygens (including phenoxy) is 1. The maximum atomic E-state index is 12.1. The predicted molar refractivity (Wildman–Crippen MR) is 78.4 cm³/mol. The van der Waals surface area contributed by atoms with Gasteiger partial charge in [-0.05, 0) is 31.4 Å². The summed E-state index contributed by atoms with van der Waals surface area (Å²) in [5.74, 6) is 1.09. The van der Waals surface area contributed by atoms with Crippen LogP contribution in [0.25, 0.3) is 0 Å². The summed E-state index contributed by atoms with van der Waals surface area (Å²) in [7, 11) is 1.56. The first-order chi connectivity index (χ1) is 8.96. The fraction of sp³-hybridized carbons (Fsp3) is 0.533. The highest BCUT2D eigenvalue weighted by molar-refractivity contribution is 5.95. The summed E-state index contributed by atoms with van der Waals surface area (Å²) in [6.45, 7) is 6.36. The average Bonchev–Trinajstić information content (AvgIpc) is 2.37. The smallest absolute Gasteiger partial charge is 0.251 e. The van der Waals surface area contributed by atoms with Crippen molar-refractivity contribution in [3.8, 4) is 5.75 Å². The maximum Gasteiger partial charge on any atom is 0.251 e. The molecule has 0 saturated carbocycles. The molecule has 1 rings (SSSR count). The van der Waals surface area contributed by atoms with Crippen molar-refractivity contribution in [3.05, 3.63) is 23.8 Å². The molecule has 1 aromatic rings. The number of nitrogen functional groups attached to an aromatic ring is 1. The minimum absolute atomic E-state index is 0.110. The zero-order chi connectivity index (χ0) is 14.4. The molecule has 0 saturated heterocycles. The van der Waals surface area contributed by atoms with E-state index in [1.54, 1.807) is 25.3 Å². The van der Waals surface area contributed by atoms with Crippen LogP contribution in [0, 0.1) is 5.92 Å². The molecule has 1 aromatic carbocycles. The second-order valence-corrected chi connectivity index (χ2v) is 5.12. The zero-order valence-corrected chi connectivity index (χ0v) is 12.2. The highest BCUT2D eigenvalue weighted by atomic mass is 16.5. The van der Waals surface area contributed by atoms with Crippen LogP contribution in [0.15, 0.2) is 18.2 Å². The first-order valence-corrected chi connectivity index (χ1v) is 6.71. The van der Waals surface area contributed by atoms with Crippen molar-refractivity contribution in [2.24, 2.45) is 5.92 Å². The molecule has 4 heteroatoms. The Morgan fingerprint density at radius 2 is 2.05 bits per heavy atom.